The van der Waals surface area contributed by atoms with Gasteiger partial charge in [0.2, 0.25) is 0 Å². The predicted molar refractivity (Wildman–Crippen MR) is 103 cm³/mol. The number of thioether (sulfide) groups is 1. The van der Waals surface area contributed by atoms with Crippen molar-refractivity contribution in [3.63, 3.8) is 0 Å². The molecule has 3 N–H and O–H groups in total. The third kappa shape index (κ3) is 6.40. The summed E-state index contributed by atoms with van der Waals surface area (Å²) in [6, 6.07) is 16.7. The largest absolute Gasteiger partial charge is 0.396 e. The summed E-state index contributed by atoms with van der Waals surface area (Å²) >= 11 is 1.47. The highest BCUT2D eigenvalue weighted by Crippen LogP contribution is 2.20. The van der Waals surface area contributed by atoms with Gasteiger partial charge < -0.3 is 15.7 Å². The topological polar surface area (TPSA) is 56.7 Å². The summed E-state index contributed by atoms with van der Waals surface area (Å²) in [7, 11) is 1.70. The Balaban J connectivity index is 1.74. The molecule has 0 bridgehead atoms. The molecule has 0 aliphatic rings. The van der Waals surface area contributed by atoms with E-state index in [4.69, 9.17) is 0 Å². The number of rotatable bonds is 8. The molecule has 4 nitrogen and oxygen atoms in total. The van der Waals surface area contributed by atoms with E-state index in [1.807, 2.05) is 36.4 Å². The van der Waals surface area contributed by atoms with Crippen LogP contribution in [0.25, 0.3) is 0 Å². The molecule has 0 radical (unpaired) electrons. The van der Waals surface area contributed by atoms with Crippen molar-refractivity contribution in [2.75, 3.05) is 32.5 Å². The van der Waals surface area contributed by atoms with Crippen LogP contribution >= 0.6 is 11.8 Å². The highest BCUT2D eigenvalue weighted by atomic mass is 32.2. The van der Waals surface area contributed by atoms with Crippen LogP contribution in [-0.4, -0.2) is 43.6 Å². The van der Waals surface area contributed by atoms with E-state index in [1.54, 1.807) is 19.2 Å². The summed E-state index contributed by atoms with van der Waals surface area (Å²) in [5.41, 5.74) is 1.09. The van der Waals surface area contributed by atoms with E-state index in [9.17, 15) is 9.50 Å². The van der Waals surface area contributed by atoms with Crippen LogP contribution in [0.2, 0.25) is 0 Å². The van der Waals surface area contributed by atoms with Crippen LogP contribution in [0.15, 0.2) is 64.5 Å². The Morgan fingerprint density at radius 1 is 1.12 bits per heavy atom. The summed E-state index contributed by atoms with van der Waals surface area (Å²) < 4.78 is 13.6. The molecule has 0 aliphatic heterocycles. The minimum absolute atomic E-state index is 0.00698. The van der Waals surface area contributed by atoms with Crippen molar-refractivity contribution in [3.05, 3.63) is 66.0 Å². The maximum Gasteiger partial charge on any atom is 0.191 e. The first-order valence-corrected chi connectivity index (χ1v) is 9.20. The Morgan fingerprint density at radius 3 is 2.52 bits per heavy atom. The van der Waals surface area contributed by atoms with Crippen molar-refractivity contribution in [2.45, 2.75) is 10.8 Å². The van der Waals surface area contributed by atoms with Gasteiger partial charge in [-0.05, 0) is 17.7 Å². The van der Waals surface area contributed by atoms with Gasteiger partial charge in [-0.25, -0.2) is 4.39 Å². The first-order valence-electron chi connectivity index (χ1n) is 8.22. The summed E-state index contributed by atoms with van der Waals surface area (Å²) in [5.74, 6) is 1.21. The highest BCUT2D eigenvalue weighted by molar-refractivity contribution is 7.99. The van der Waals surface area contributed by atoms with E-state index in [1.165, 1.54) is 17.8 Å². The molecule has 0 amide bonds. The number of nitrogens with one attached hydrogen (secondary N) is 2. The zero-order chi connectivity index (χ0) is 17.9. The summed E-state index contributed by atoms with van der Waals surface area (Å²) in [6.07, 6.45) is 0. The normalized spacial score (nSPS) is 12.7. The van der Waals surface area contributed by atoms with Gasteiger partial charge in [0.25, 0.3) is 0 Å². The number of halogens is 1. The molecule has 1 unspecified atom stereocenters. The minimum atomic E-state index is -0.191. The van der Waals surface area contributed by atoms with Crippen LogP contribution in [0.3, 0.4) is 0 Å². The molecule has 2 rings (SSSR count). The molecule has 0 aliphatic carbocycles. The highest BCUT2D eigenvalue weighted by Gasteiger charge is 2.10. The van der Waals surface area contributed by atoms with Gasteiger partial charge in [0.15, 0.2) is 5.96 Å². The number of hydrogen-bond donors (Lipinski definition) is 3. The van der Waals surface area contributed by atoms with E-state index in [2.05, 4.69) is 15.6 Å². The standard InChI is InChI=1S/C19H24FN3OS/c1-21-19(22-11-12-25-18-10-6-5-9-17(18)20)23-13-16(14-24)15-7-3-2-4-8-15/h2-10,16,24H,11-14H2,1H3,(H2,21,22,23). The predicted octanol–water partition coefficient (Wildman–Crippen LogP) is 2.86. The van der Waals surface area contributed by atoms with Crippen LogP contribution in [0.5, 0.6) is 0 Å². The van der Waals surface area contributed by atoms with Gasteiger partial charge >= 0.3 is 0 Å². The third-order valence-corrected chi connectivity index (χ3v) is 4.77. The first-order chi connectivity index (χ1) is 12.2. The number of aliphatic hydroxyl groups is 1. The lowest BCUT2D eigenvalue weighted by atomic mass is 10.0. The molecule has 0 saturated carbocycles. The molecule has 0 heterocycles. The quantitative estimate of drug-likeness (QED) is 0.293. The zero-order valence-electron chi connectivity index (χ0n) is 14.3. The zero-order valence-corrected chi connectivity index (χ0v) is 15.1. The van der Waals surface area contributed by atoms with Crippen molar-refractivity contribution in [3.8, 4) is 0 Å². The molecule has 2 aromatic carbocycles. The molecule has 0 spiro atoms. The maximum absolute atomic E-state index is 13.6. The summed E-state index contributed by atoms with van der Waals surface area (Å²) in [5, 5.41) is 16.0. The van der Waals surface area contributed by atoms with Gasteiger partial charge in [0.05, 0.1) is 6.61 Å². The average Bonchev–Trinajstić information content (AvgIpc) is 2.66. The fourth-order valence-corrected chi connectivity index (χ4v) is 3.15. The van der Waals surface area contributed by atoms with Crippen LogP contribution in [0.1, 0.15) is 11.5 Å². The van der Waals surface area contributed by atoms with Crippen LogP contribution in [0.4, 0.5) is 4.39 Å². The molecule has 0 aromatic heterocycles. The number of aliphatic hydroxyl groups excluding tert-OH is 1. The lowest BCUT2D eigenvalue weighted by molar-refractivity contribution is 0.265. The Hall–Kier alpha value is -2.05. The summed E-state index contributed by atoms with van der Waals surface area (Å²) in [6.45, 7) is 1.31. The molecular formula is C19H24FN3OS. The van der Waals surface area contributed by atoms with E-state index >= 15 is 0 Å². The first kappa shape index (κ1) is 19.3. The lowest BCUT2D eigenvalue weighted by Gasteiger charge is -2.18. The second kappa shape index (κ2) is 10.7. The van der Waals surface area contributed by atoms with Crippen LogP contribution in [0, 0.1) is 5.82 Å². The Morgan fingerprint density at radius 2 is 1.84 bits per heavy atom. The number of benzene rings is 2. The second-order valence-electron chi connectivity index (χ2n) is 5.45. The van der Waals surface area contributed by atoms with Crippen molar-refractivity contribution < 1.29 is 9.50 Å². The second-order valence-corrected chi connectivity index (χ2v) is 6.59. The lowest BCUT2D eigenvalue weighted by Crippen LogP contribution is -2.40. The molecule has 1 atom stereocenters. The van der Waals surface area contributed by atoms with Crippen molar-refractivity contribution >= 4 is 17.7 Å². The molecular weight excluding hydrogens is 337 g/mol. The fraction of sp³-hybridized carbons (Fsp3) is 0.316. The smallest absolute Gasteiger partial charge is 0.191 e. The van der Waals surface area contributed by atoms with E-state index in [0.29, 0.717) is 23.9 Å². The SMILES string of the molecule is CN=C(NCCSc1ccccc1F)NCC(CO)c1ccccc1. The van der Waals surface area contributed by atoms with Crippen LogP contribution in [-0.2, 0) is 0 Å². The molecule has 0 saturated heterocycles. The van der Waals surface area contributed by atoms with Gasteiger partial charge in [0.1, 0.15) is 5.82 Å². The minimum Gasteiger partial charge on any atom is -0.396 e. The Bertz CT molecular complexity index is 667. The monoisotopic (exact) mass is 361 g/mol. The number of hydrogen-bond acceptors (Lipinski definition) is 3. The van der Waals surface area contributed by atoms with Gasteiger partial charge in [-0.1, -0.05) is 42.5 Å². The van der Waals surface area contributed by atoms with Crippen molar-refractivity contribution in [1.82, 2.24) is 10.6 Å². The van der Waals surface area contributed by atoms with Crippen molar-refractivity contribution in [1.29, 1.82) is 0 Å². The van der Waals surface area contributed by atoms with E-state index in [0.717, 1.165) is 11.3 Å². The maximum atomic E-state index is 13.6. The molecule has 134 valence electrons. The fourth-order valence-electron chi connectivity index (χ4n) is 2.35. The van der Waals surface area contributed by atoms with Crippen LogP contribution < -0.4 is 10.6 Å². The van der Waals surface area contributed by atoms with Gasteiger partial charge in [0, 0.05) is 36.7 Å². The Kier molecular flexibility index (Phi) is 8.28. The van der Waals surface area contributed by atoms with E-state index < -0.39 is 0 Å². The van der Waals surface area contributed by atoms with Gasteiger partial charge in [-0.2, -0.15) is 0 Å². The number of guanidine groups is 1. The number of aliphatic imine (C=N–C) groups is 1. The molecule has 0 fully saturated rings. The average molecular weight is 361 g/mol. The van der Waals surface area contributed by atoms with Crippen molar-refractivity contribution in [2.24, 2.45) is 4.99 Å². The Labute approximate surface area is 152 Å². The molecule has 6 heteroatoms. The van der Waals surface area contributed by atoms with Gasteiger partial charge in [-0.3, -0.25) is 4.99 Å². The van der Waals surface area contributed by atoms with E-state index in [-0.39, 0.29) is 18.3 Å². The molecule has 2 aromatic rings. The summed E-state index contributed by atoms with van der Waals surface area (Å²) in [4.78, 5) is 4.83. The number of nitrogens with zero attached hydrogens (tertiary/aromatic N) is 1. The van der Waals surface area contributed by atoms with Gasteiger partial charge in [-0.15, -0.1) is 11.8 Å². The third-order valence-electron chi connectivity index (χ3n) is 3.72. The molecule has 25 heavy (non-hydrogen) atoms.